The van der Waals surface area contributed by atoms with E-state index in [9.17, 15) is 0 Å². The third-order valence-electron chi connectivity index (χ3n) is 2.38. The van der Waals surface area contributed by atoms with E-state index in [0.29, 0.717) is 13.0 Å². The van der Waals surface area contributed by atoms with E-state index in [1.54, 1.807) is 22.2 Å². The van der Waals surface area contributed by atoms with Gasteiger partial charge in [-0.15, -0.1) is 11.3 Å². The number of thiocarbonyl (C=S) groups is 1. The molecule has 2 aromatic rings. The van der Waals surface area contributed by atoms with Crippen LogP contribution in [0.5, 0.6) is 0 Å². The van der Waals surface area contributed by atoms with Gasteiger partial charge in [0.15, 0.2) is 5.11 Å². The molecular formula is C12H12N6S2. The Morgan fingerprint density at radius 1 is 1.70 bits per heavy atom. The number of hydrazone groups is 1. The molecule has 2 aromatic heterocycles. The van der Waals surface area contributed by atoms with Crippen LogP contribution in [0.15, 0.2) is 28.8 Å². The molecule has 3 N–H and O–H groups in total. The molecule has 2 heterocycles. The van der Waals surface area contributed by atoms with Crippen LogP contribution in [0.3, 0.4) is 0 Å². The first kappa shape index (κ1) is 14.2. The maximum atomic E-state index is 8.64. The summed E-state index contributed by atoms with van der Waals surface area (Å²) in [5, 5.41) is 19.2. The van der Waals surface area contributed by atoms with Crippen LogP contribution in [0.25, 0.3) is 10.6 Å². The molecule has 0 radical (unpaired) electrons. The Labute approximate surface area is 125 Å². The monoisotopic (exact) mass is 304 g/mol. The van der Waals surface area contributed by atoms with Gasteiger partial charge in [0.25, 0.3) is 0 Å². The summed E-state index contributed by atoms with van der Waals surface area (Å²) in [6, 6.07) is 6.05. The molecule has 0 fully saturated rings. The normalized spacial score (nSPS) is 10.6. The Morgan fingerprint density at radius 2 is 2.55 bits per heavy atom. The van der Waals surface area contributed by atoms with Gasteiger partial charge in [-0.2, -0.15) is 15.5 Å². The lowest BCUT2D eigenvalue weighted by Crippen LogP contribution is -2.23. The van der Waals surface area contributed by atoms with Gasteiger partial charge < -0.3 is 5.73 Å². The number of nitriles is 1. The van der Waals surface area contributed by atoms with E-state index in [2.05, 4.69) is 33.9 Å². The molecule has 0 spiro atoms. The summed E-state index contributed by atoms with van der Waals surface area (Å²) >= 11 is 6.28. The highest BCUT2D eigenvalue weighted by Gasteiger charge is 2.10. The maximum Gasteiger partial charge on any atom is 0.184 e. The average Bonchev–Trinajstić information content (AvgIpc) is 3.04. The van der Waals surface area contributed by atoms with Crippen molar-refractivity contribution < 1.29 is 0 Å². The van der Waals surface area contributed by atoms with E-state index in [4.69, 9.17) is 11.0 Å². The van der Waals surface area contributed by atoms with E-state index >= 15 is 0 Å². The number of rotatable bonds is 5. The number of aromatic nitrogens is 2. The lowest BCUT2D eigenvalue weighted by atomic mass is 10.2. The third-order valence-corrected chi connectivity index (χ3v) is 3.34. The van der Waals surface area contributed by atoms with Gasteiger partial charge >= 0.3 is 0 Å². The van der Waals surface area contributed by atoms with Gasteiger partial charge in [0.05, 0.1) is 30.1 Å². The Bertz CT molecular complexity index is 650. The smallest absolute Gasteiger partial charge is 0.184 e. The van der Waals surface area contributed by atoms with Crippen LogP contribution in [-0.4, -0.2) is 21.1 Å². The highest BCUT2D eigenvalue weighted by Crippen LogP contribution is 2.25. The number of nitrogens with two attached hydrogens (primary N) is 1. The summed E-state index contributed by atoms with van der Waals surface area (Å²) < 4.78 is 1.74. The second kappa shape index (κ2) is 6.79. The summed E-state index contributed by atoms with van der Waals surface area (Å²) in [7, 11) is 0. The lowest BCUT2D eigenvalue weighted by molar-refractivity contribution is 0.630. The molecule has 0 aromatic carbocycles. The number of nitrogens with one attached hydrogen (secondary N) is 1. The molecule has 0 aliphatic rings. The van der Waals surface area contributed by atoms with Crippen molar-refractivity contribution in [2.75, 3.05) is 0 Å². The van der Waals surface area contributed by atoms with Crippen molar-refractivity contribution in [2.24, 2.45) is 10.8 Å². The van der Waals surface area contributed by atoms with Gasteiger partial charge in [-0.3, -0.25) is 10.1 Å². The zero-order valence-corrected chi connectivity index (χ0v) is 12.1. The fourth-order valence-electron chi connectivity index (χ4n) is 1.58. The number of nitrogens with zero attached hydrogens (tertiary/aromatic N) is 4. The first-order chi connectivity index (χ1) is 9.70. The second-order valence-electron chi connectivity index (χ2n) is 3.82. The summed E-state index contributed by atoms with van der Waals surface area (Å²) in [5.74, 6) is 0. The van der Waals surface area contributed by atoms with E-state index in [-0.39, 0.29) is 5.11 Å². The molecule has 20 heavy (non-hydrogen) atoms. The molecule has 0 amide bonds. The largest absolute Gasteiger partial charge is 0.375 e. The number of hydrogen-bond acceptors (Lipinski definition) is 5. The predicted octanol–water partition coefficient (Wildman–Crippen LogP) is 1.69. The number of thiophene rings is 1. The first-order valence-corrected chi connectivity index (χ1v) is 7.06. The van der Waals surface area contributed by atoms with Crippen LogP contribution in [0.2, 0.25) is 0 Å². The van der Waals surface area contributed by atoms with Gasteiger partial charge in [0, 0.05) is 11.8 Å². The fourth-order valence-corrected chi connectivity index (χ4v) is 2.36. The van der Waals surface area contributed by atoms with Crippen molar-refractivity contribution in [3.8, 4) is 16.6 Å². The Morgan fingerprint density at radius 3 is 3.20 bits per heavy atom. The van der Waals surface area contributed by atoms with Gasteiger partial charge in [-0.25, -0.2) is 0 Å². The van der Waals surface area contributed by atoms with Crippen molar-refractivity contribution in [1.29, 1.82) is 5.26 Å². The van der Waals surface area contributed by atoms with Crippen LogP contribution in [0, 0.1) is 11.3 Å². The van der Waals surface area contributed by atoms with Gasteiger partial charge in [-0.05, 0) is 23.7 Å². The topological polar surface area (TPSA) is 92.0 Å². The van der Waals surface area contributed by atoms with Crippen LogP contribution in [0.4, 0.5) is 0 Å². The number of aryl methyl sites for hydroxylation is 1. The molecule has 0 saturated carbocycles. The van der Waals surface area contributed by atoms with Crippen molar-refractivity contribution in [2.45, 2.75) is 13.0 Å². The van der Waals surface area contributed by atoms with Crippen LogP contribution < -0.4 is 11.2 Å². The minimum Gasteiger partial charge on any atom is -0.375 e. The van der Waals surface area contributed by atoms with Crippen molar-refractivity contribution in [3.63, 3.8) is 0 Å². The molecule has 0 unspecified atom stereocenters. The van der Waals surface area contributed by atoms with E-state index in [1.807, 2.05) is 23.7 Å². The summed E-state index contributed by atoms with van der Waals surface area (Å²) in [6.45, 7) is 0.547. The fraction of sp³-hybridized carbons (Fsp3) is 0.167. The van der Waals surface area contributed by atoms with Gasteiger partial charge in [0.1, 0.15) is 5.69 Å². The SMILES string of the molecule is N#CCCn1cc(/C=N\NC(N)=S)c(-c2cccs2)n1. The summed E-state index contributed by atoms with van der Waals surface area (Å²) in [4.78, 5) is 1.04. The zero-order valence-electron chi connectivity index (χ0n) is 10.5. The molecule has 6 nitrogen and oxygen atoms in total. The molecule has 2 rings (SSSR count). The zero-order chi connectivity index (χ0) is 14.4. The van der Waals surface area contributed by atoms with Crippen molar-refractivity contribution >= 4 is 34.9 Å². The highest BCUT2D eigenvalue weighted by molar-refractivity contribution is 7.80. The minimum atomic E-state index is 0.107. The van der Waals surface area contributed by atoms with E-state index in [1.165, 1.54) is 0 Å². The molecular weight excluding hydrogens is 292 g/mol. The third kappa shape index (κ3) is 3.63. The molecule has 8 heteroatoms. The quantitative estimate of drug-likeness (QED) is 0.498. The minimum absolute atomic E-state index is 0.107. The highest BCUT2D eigenvalue weighted by atomic mass is 32.1. The van der Waals surface area contributed by atoms with E-state index < -0.39 is 0 Å². The van der Waals surface area contributed by atoms with Crippen LogP contribution in [-0.2, 0) is 6.54 Å². The lowest BCUT2D eigenvalue weighted by Gasteiger charge is -1.95. The van der Waals surface area contributed by atoms with Crippen molar-refractivity contribution in [1.82, 2.24) is 15.2 Å². The van der Waals surface area contributed by atoms with Gasteiger partial charge in [-0.1, -0.05) is 6.07 Å². The Kier molecular flexibility index (Phi) is 4.81. The van der Waals surface area contributed by atoms with Crippen molar-refractivity contribution in [3.05, 3.63) is 29.3 Å². The molecule has 0 saturated heterocycles. The van der Waals surface area contributed by atoms with Gasteiger partial charge in [0.2, 0.25) is 0 Å². The second-order valence-corrected chi connectivity index (χ2v) is 5.20. The average molecular weight is 304 g/mol. The molecule has 0 atom stereocenters. The first-order valence-electron chi connectivity index (χ1n) is 5.77. The molecule has 0 aliphatic heterocycles. The Balaban J connectivity index is 2.28. The maximum absolute atomic E-state index is 8.64. The number of hydrogen-bond donors (Lipinski definition) is 2. The standard InChI is InChI=1S/C12H12N6S2/c13-4-2-5-18-8-9(7-15-16-12(14)19)11(17-18)10-3-1-6-20-10/h1,3,6-8H,2,5H2,(H3,14,16,19)/b15-7-. The van der Waals surface area contributed by atoms with E-state index in [0.717, 1.165) is 16.1 Å². The summed E-state index contributed by atoms with van der Waals surface area (Å²) in [5.41, 5.74) is 9.49. The Hall–Kier alpha value is -2.24. The predicted molar refractivity (Wildman–Crippen MR) is 83.3 cm³/mol. The van der Waals surface area contributed by atoms with Crippen LogP contribution >= 0.6 is 23.6 Å². The molecule has 102 valence electrons. The van der Waals surface area contributed by atoms with Crippen LogP contribution in [0.1, 0.15) is 12.0 Å². The molecule has 0 aliphatic carbocycles. The molecule has 0 bridgehead atoms. The summed E-state index contributed by atoms with van der Waals surface area (Å²) in [6.07, 6.45) is 3.87.